The number of amides is 1. The summed E-state index contributed by atoms with van der Waals surface area (Å²) in [6.07, 6.45) is 0. The minimum atomic E-state index is 0.00654. The lowest BCUT2D eigenvalue weighted by Gasteiger charge is -2.14. The summed E-state index contributed by atoms with van der Waals surface area (Å²) in [6, 6.07) is 7.70. The number of carbonyl (C=O) groups is 1. The van der Waals surface area contributed by atoms with Crippen LogP contribution in [0.25, 0.3) is 0 Å². The zero-order valence-electron chi connectivity index (χ0n) is 10.6. The van der Waals surface area contributed by atoms with Gasteiger partial charge >= 0.3 is 0 Å². The molecule has 0 unspecified atom stereocenters. The van der Waals surface area contributed by atoms with Crippen molar-refractivity contribution in [3.63, 3.8) is 0 Å². The highest BCUT2D eigenvalue weighted by Crippen LogP contribution is 2.16. The molecule has 4 heteroatoms. The van der Waals surface area contributed by atoms with Crippen LogP contribution in [-0.4, -0.2) is 26.1 Å². The smallest absolute Gasteiger partial charge is 0.234 e. The first-order chi connectivity index (χ1) is 8.17. The van der Waals surface area contributed by atoms with Gasteiger partial charge in [-0.15, -0.1) is 0 Å². The second-order valence-electron chi connectivity index (χ2n) is 3.84. The molecule has 17 heavy (non-hydrogen) atoms. The van der Waals surface area contributed by atoms with E-state index in [-0.39, 0.29) is 11.9 Å². The molecule has 0 bridgehead atoms. The van der Waals surface area contributed by atoms with Crippen LogP contribution in [0.3, 0.4) is 0 Å². The Bertz CT molecular complexity index is 349. The topological polar surface area (TPSA) is 50.4 Å². The van der Waals surface area contributed by atoms with Crippen LogP contribution >= 0.6 is 0 Å². The van der Waals surface area contributed by atoms with Crippen LogP contribution in [0.15, 0.2) is 24.3 Å². The molecule has 94 valence electrons. The normalized spacial score (nSPS) is 11.9. The lowest BCUT2D eigenvalue weighted by atomic mass is 10.1. The molecule has 1 rings (SSSR count). The number of rotatable bonds is 6. The molecule has 0 heterocycles. The van der Waals surface area contributed by atoms with E-state index < -0.39 is 0 Å². The molecule has 2 N–H and O–H groups in total. The van der Waals surface area contributed by atoms with Crippen molar-refractivity contribution in [1.82, 2.24) is 10.6 Å². The van der Waals surface area contributed by atoms with E-state index in [4.69, 9.17) is 4.74 Å². The third-order valence-electron chi connectivity index (χ3n) is 2.53. The Morgan fingerprint density at radius 2 is 2.00 bits per heavy atom. The van der Waals surface area contributed by atoms with Crippen LogP contribution in [0.1, 0.15) is 25.5 Å². The Morgan fingerprint density at radius 3 is 2.53 bits per heavy atom. The minimum Gasteiger partial charge on any atom is -0.497 e. The van der Waals surface area contributed by atoms with Crippen molar-refractivity contribution in [2.45, 2.75) is 19.9 Å². The summed E-state index contributed by atoms with van der Waals surface area (Å²) in [5.41, 5.74) is 1.07. The first kappa shape index (κ1) is 13.5. The van der Waals surface area contributed by atoms with Crippen molar-refractivity contribution < 1.29 is 9.53 Å². The Kier molecular flexibility index (Phi) is 5.49. The Balaban J connectivity index is 2.51. The average molecular weight is 236 g/mol. The molecule has 0 radical (unpaired) electrons. The lowest BCUT2D eigenvalue weighted by Crippen LogP contribution is -2.35. The van der Waals surface area contributed by atoms with Crippen molar-refractivity contribution in [2.24, 2.45) is 0 Å². The van der Waals surface area contributed by atoms with Gasteiger partial charge in [-0.25, -0.2) is 0 Å². The predicted molar refractivity (Wildman–Crippen MR) is 68.1 cm³/mol. The number of ether oxygens (including phenoxy) is 1. The summed E-state index contributed by atoms with van der Waals surface area (Å²) < 4.78 is 5.09. The van der Waals surface area contributed by atoms with Gasteiger partial charge in [0.05, 0.1) is 19.7 Å². The molecule has 0 aliphatic carbocycles. The van der Waals surface area contributed by atoms with Gasteiger partial charge in [-0.2, -0.15) is 0 Å². The highest BCUT2D eigenvalue weighted by atomic mass is 16.5. The second-order valence-corrected chi connectivity index (χ2v) is 3.84. The van der Waals surface area contributed by atoms with Crippen LogP contribution in [0, 0.1) is 0 Å². The molecule has 0 fully saturated rings. The van der Waals surface area contributed by atoms with Gasteiger partial charge in [0.25, 0.3) is 0 Å². The Morgan fingerprint density at radius 1 is 1.35 bits per heavy atom. The van der Waals surface area contributed by atoms with E-state index in [0.717, 1.165) is 17.9 Å². The van der Waals surface area contributed by atoms with Gasteiger partial charge in [0.15, 0.2) is 0 Å². The van der Waals surface area contributed by atoms with Gasteiger partial charge in [-0.05, 0) is 31.2 Å². The van der Waals surface area contributed by atoms with Gasteiger partial charge in [0.2, 0.25) is 5.91 Å². The third kappa shape index (κ3) is 4.44. The summed E-state index contributed by atoms with van der Waals surface area (Å²) >= 11 is 0. The molecular formula is C13H20N2O2. The maximum Gasteiger partial charge on any atom is 0.234 e. The lowest BCUT2D eigenvalue weighted by molar-refractivity contribution is -0.120. The molecule has 0 aliphatic rings. The first-order valence-corrected chi connectivity index (χ1v) is 5.81. The SMILES string of the molecule is CCNCC(=O)N[C@@H](C)c1ccc(OC)cc1. The van der Waals surface area contributed by atoms with Gasteiger partial charge in [0, 0.05) is 0 Å². The zero-order chi connectivity index (χ0) is 12.7. The molecule has 1 atom stereocenters. The fourth-order valence-corrected chi connectivity index (χ4v) is 1.51. The highest BCUT2D eigenvalue weighted by Gasteiger charge is 2.08. The molecule has 0 aromatic heterocycles. The van der Waals surface area contributed by atoms with E-state index in [1.54, 1.807) is 7.11 Å². The van der Waals surface area contributed by atoms with Crippen molar-refractivity contribution in [3.05, 3.63) is 29.8 Å². The predicted octanol–water partition coefficient (Wildman–Crippen LogP) is 1.48. The number of nitrogens with one attached hydrogen (secondary N) is 2. The Labute approximate surface area is 102 Å². The van der Waals surface area contributed by atoms with Gasteiger partial charge in [-0.1, -0.05) is 19.1 Å². The van der Waals surface area contributed by atoms with E-state index in [0.29, 0.717) is 6.54 Å². The summed E-state index contributed by atoms with van der Waals surface area (Å²) in [5.74, 6) is 0.829. The molecular weight excluding hydrogens is 216 g/mol. The quantitative estimate of drug-likeness (QED) is 0.786. The highest BCUT2D eigenvalue weighted by molar-refractivity contribution is 5.78. The number of hydrogen-bond donors (Lipinski definition) is 2. The standard InChI is InChI=1S/C13H20N2O2/c1-4-14-9-13(16)15-10(2)11-5-7-12(17-3)8-6-11/h5-8,10,14H,4,9H2,1-3H3,(H,15,16)/t10-/m0/s1. The zero-order valence-corrected chi connectivity index (χ0v) is 10.6. The van der Waals surface area contributed by atoms with E-state index in [9.17, 15) is 4.79 Å². The van der Waals surface area contributed by atoms with Crippen molar-refractivity contribution in [3.8, 4) is 5.75 Å². The van der Waals surface area contributed by atoms with E-state index in [2.05, 4.69) is 10.6 Å². The number of benzene rings is 1. The molecule has 0 aliphatic heterocycles. The van der Waals surface area contributed by atoms with Crippen molar-refractivity contribution in [2.75, 3.05) is 20.2 Å². The fraction of sp³-hybridized carbons (Fsp3) is 0.462. The Hall–Kier alpha value is -1.55. The summed E-state index contributed by atoms with van der Waals surface area (Å²) in [4.78, 5) is 11.5. The number of likely N-dealkylation sites (N-methyl/N-ethyl adjacent to an activating group) is 1. The average Bonchev–Trinajstić information content (AvgIpc) is 2.36. The van der Waals surface area contributed by atoms with E-state index >= 15 is 0 Å². The summed E-state index contributed by atoms with van der Waals surface area (Å²) in [5, 5.41) is 5.92. The van der Waals surface area contributed by atoms with Gasteiger partial charge in [0.1, 0.15) is 5.75 Å². The van der Waals surface area contributed by atoms with E-state index in [1.165, 1.54) is 0 Å². The van der Waals surface area contributed by atoms with Crippen molar-refractivity contribution >= 4 is 5.91 Å². The fourth-order valence-electron chi connectivity index (χ4n) is 1.51. The van der Waals surface area contributed by atoms with E-state index in [1.807, 2.05) is 38.1 Å². The summed E-state index contributed by atoms with van der Waals surface area (Å²) in [7, 11) is 1.64. The minimum absolute atomic E-state index is 0.00654. The number of methoxy groups -OCH3 is 1. The maximum absolute atomic E-state index is 11.5. The number of hydrogen-bond acceptors (Lipinski definition) is 3. The molecule has 1 amide bonds. The van der Waals surface area contributed by atoms with Crippen LogP contribution in [-0.2, 0) is 4.79 Å². The van der Waals surface area contributed by atoms with Gasteiger partial charge < -0.3 is 15.4 Å². The molecule has 0 spiro atoms. The second kappa shape index (κ2) is 6.91. The third-order valence-corrected chi connectivity index (χ3v) is 2.53. The van der Waals surface area contributed by atoms with Gasteiger partial charge in [-0.3, -0.25) is 4.79 Å². The molecule has 0 saturated heterocycles. The molecule has 0 saturated carbocycles. The maximum atomic E-state index is 11.5. The molecule has 1 aromatic carbocycles. The molecule has 4 nitrogen and oxygen atoms in total. The van der Waals surface area contributed by atoms with Crippen molar-refractivity contribution in [1.29, 1.82) is 0 Å². The first-order valence-electron chi connectivity index (χ1n) is 5.81. The van der Waals surface area contributed by atoms with Crippen LogP contribution in [0.5, 0.6) is 5.75 Å². The monoisotopic (exact) mass is 236 g/mol. The van der Waals surface area contributed by atoms with Crippen LogP contribution in [0.2, 0.25) is 0 Å². The molecule has 1 aromatic rings. The summed E-state index contributed by atoms with van der Waals surface area (Å²) in [6.45, 7) is 5.09. The number of carbonyl (C=O) groups excluding carboxylic acids is 1. The van der Waals surface area contributed by atoms with Crippen LogP contribution in [0.4, 0.5) is 0 Å². The van der Waals surface area contributed by atoms with Crippen LogP contribution < -0.4 is 15.4 Å². The largest absolute Gasteiger partial charge is 0.497 e.